The molecule has 174 valence electrons. The van der Waals surface area contributed by atoms with Crippen LogP contribution in [0.1, 0.15) is 84.5 Å². The molecule has 5 unspecified atom stereocenters. The predicted molar refractivity (Wildman–Crippen MR) is 121 cm³/mol. The lowest BCUT2D eigenvalue weighted by molar-refractivity contribution is -0.150. The van der Waals surface area contributed by atoms with Crippen LogP contribution in [0, 0.1) is 34.5 Å². The average molecular weight is 433 g/mol. The largest absolute Gasteiger partial charge is 0.394 e. The summed E-state index contributed by atoms with van der Waals surface area (Å²) in [5, 5.41) is 4.54. The molecule has 5 heteroatoms. The lowest BCUT2D eigenvalue weighted by atomic mass is 9.44. The van der Waals surface area contributed by atoms with Crippen molar-refractivity contribution in [1.82, 2.24) is 4.90 Å². The first-order chi connectivity index (χ1) is 14.9. The minimum absolute atomic E-state index is 0.0438. The summed E-state index contributed by atoms with van der Waals surface area (Å²) in [5.74, 6) is 1.75. The summed E-state index contributed by atoms with van der Waals surface area (Å²) < 4.78 is 15.7. The fraction of sp³-hybridized carbons (Fsp3) is 0.923. The SMILES string of the molecule is C[C@]12CC/C(=N\OCCN3CCCCC3)CC1CCC1C2C(F)C[C@]2(C)C(=O)CCC12. The van der Waals surface area contributed by atoms with Crippen LogP contribution in [0.4, 0.5) is 4.39 Å². The monoisotopic (exact) mass is 432 g/mol. The van der Waals surface area contributed by atoms with Crippen molar-refractivity contribution in [3.05, 3.63) is 0 Å². The number of hydrogen-bond donors (Lipinski definition) is 0. The van der Waals surface area contributed by atoms with Gasteiger partial charge in [0.15, 0.2) is 0 Å². The van der Waals surface area contributed by atoms with Gasteiger partial charge in [-0.1, -0.05) is 25.4 Å². The Balaban J connectivity index is 1.21. The van der Waals surface area contributed by atoms with Crippen molar-refractivity contribution < 1.29 is 14.0 Å². The van der Waals surface area contributed by atoms with Crippen molar-refractivity contribution in [3.63, 3.8) is 0 Å². The number of Topliss-reactive ketones (excluding diaryl/α,β-unsaturated/α-hetero) is 1. The van der Waals surface area contributed by atoms with E-state index in [1.165, 1.54) is 38.1 Å². The highest BCUT2D eigenvalue weighted by atomic mass is 19.1. The van der Waals surface area contributed by atoms with E-state index in [2.05, 4.69) is 23.9 Å². The molecule has 7 atom stereocenters. The number of halogens is 1. The van der Waals surface area contributed by atoms with Crippen LogP contribution < -0.4 is 0 Å². The Hall–Kier alpha value is -0.970. The summed E-state index contributed by atoms with van der Waals surface area (Å²) in [6.45, 7) is 8.46. The summed E-state index contributed by atoms with van der Waals surface area (Å²) in [6, 6.07) is 0. The zero-order valence-electron chi connectivity index (χ0n) is 19.6. The highest BCUT2D eigenvalue weighted by molar-refractivity contribution is 5.87. The molecule has 5 fully saturated rings. The van der Waals surface area contributed by atoms with Crippen LogP contribution in [0.2, 0.25) is 0 Å². The molecule has 0 N–H and O–H groups in total. The first-order valence-electron chi connectivity index (χ1n) is 13.0. The molecule has 0 aromatic rings. The molecule has 0 aromatic carbocycles. The van der Waals surface area contributed by atoms with Crippen molar-refractivity contribution in [2.24, 2.45) is 39.7 Å². The Kier molecular flexibility index (Phi) is 5.94. The summed E-state index contributed by atoms with van der Waals surface area (Å²) in [5.41, 5.74) is 0.835. The molecular formula is C26H41FN2O2. The molecule has 0 amide bonds. The molecule has 0 spiro atoms. The van der Waals surface area contributed by atoms with Crippen LogP contribution in [0.25, 0.3) is 0 Å². The summed E-state index contributed by atoms with van der Waals surface area (Å²) in [7, 11) is 0. The van der Waals surface area contributed by atoms with Crippen molar-refractivity contribution in [3.8, 4) is 0 Å². The summed E-state index contributed by atoms with van der Waals surface area (Å²) in [6.07, 6.45) is 10.4. The molecular weight excluding hydrogens is 391 g/mol. The number of alkyl halides is 1. The molecule has 4 nitrogen and oxygen atoms in total. The number of hydrogen-bond acceptors (Lipinski definition) is 4. The molecule has 31 heavy (non-hydrogen) atoms. The van der Waals surface area contributed by atoms with Crippen LogP contribution in [0.5, 0.6) is 0 Å². The molecule has 1 aliphatic heterocycles. The number of oxime groups is 1. The average Bonchev–Trinajstić information content (AvgIpc) is 3.05. The number of nitrogens with zero attached hydrogens (tertiary/aromatic N) is 2. The van der Waals surface area contributed by atoms with E-state index < -0.39 is 11.6 Å². The van der Waals surface area contributed by atoms with Crippen molar-refractivity contribution in [1.29, 1.82) is 0 Å². The first-order valence-corrected chi connectivity index (χ1v) is 13.0. The van der Waals surface area contributed by atoms with Crippen molar-refractivity contribution in [2.45, 2.75) is 90.6 Å². The van der Waals surface area contributed by atoms with E-state index >= 15 is 4.39 Å². The van der Waals surface area contributed by atoms with Crippen LogP contribution in [-0.2, 0) is 9.63 Å². The van der Waals surface area contributed by atoms with E-state index in [0.29, 0.717) is 43.0 Å². The molecule has 0 radical (unpaired) electrons. The van der Waals surface area contributed by atoms with Gasteiger partial charge in [0.1, 0.15) is 18.6 Å². The van der Waals surface area contributed by atoms with Crippen molar-refractivity contribution in [2.75, 3.05) is 26.2 Å². The number of carbonyl (C=O) groups is 1. The van der Waals surface area contributed by atoms with E-state index in [0.717, 1.165) is 45.1 Å². The van der Waals surface area contributed by atoms with Crippen molar-refractivity contribution >= 4 is 11.5 Å². The first kappa shape index (κ1) is 21.9. The third-order valence-corrected chi connectivity index (χ3v) is 10.2. The lowest BCUT2D eigenvalue weighted by Gasteiger charge is -2.60. The van der Waals surface area contributed by atoms with E-state index in [-0.39, 0.29) is 11.3 Å². The van der Waals surface area contributed by atoms with E-state index in [4.69, 9.17) is 4.84 Å². The second-order valence-electron chi connectivity index (χ2n) is 11.8. The van der Waals surface area contributed by atoms with Gasteiger partial charge in [-0.25, -0.2) is 4.39 Å². The minimum Gasteiger partial charge on any atom is -0.394 e. The van der Waals surface area contributed by atoms with Gasteiger partial charge in [-0.15, -0.1) is 0 Å². The summed E-state index contributed by atoms with van der Waals surface area (Å²) >= 11 is 0. The Morgan fingerprint density at radius 3 is 2.74 bits per heavy atom. The van der Waals surface area contributed by atoms with Crippen LogP contribution in [0.3, 0.4) is 0 Å². The Labute approximate surface area is 187 Å². The fourth-order valence-electron chi connectivity index (χ4n) is 8.46. The predicted octanol–water partition coefficient (Wildman–Crippen LogP) is 5.40. The van der Waals surface area contributed by atoms with Gasteiger partial charge in [0.2, 0.25) is 0 Å². The highest BCUT2D eigenvalue weighted by Gasteiger charge is 2.63. The standard InChI is InChI=1S/C26H41FN2O2/c1-25-11-10-19(28-31-15-14-29-12-4-3-5-13-29)16-18(25)6-7-20-21-8-9-23(30)26(21,2)17-22(27)24(20)25/h18,20-22,24H,3-17H2,1-2H3/b28-19+/t18?,20?,21?,22?,24?,25-,26-/m0/s1. The molecule has 4 saturated carbocycles. The summed E-state index contributed by atoms with van der Waals surface area (Å²) in [4.78, 5) is 20.8. The number of likely N-dealkylation sites (tertiary alicyclic amines) is 1. The van der Waals surface area contributed by atoms with Gasteiger partial charge in [-0.05, 0) is 100.0 Å². The van der Waals surface area contributed by atoms with Gasteiger partial charge in [0.05, 0.1) is 5.71 Å². The molecule has 4 aliphatic carbocycles. The second kappa shape index (κ2) is 8.43. The second-order valence-corrected chi connectivity index (χ2v) is 11.8. The Morgan fingerprint density at radius 2 is 1.94 bits per heavy atom. The molecule has 1 heterocycles. The maximum atomic E-state index is 15.7. The third kappa shape index (κ3) is 3.77. The number of rotatable bonds is 4. The lowest BCUT2D eigenvalue weighted by Crippen LogP contribution is -2.58. The Bertz CT molecular complexity index is 720. The topological polar surface area (TPSA) is 41.9 Å². The van der Waals surface area contributed by atoms with Crippen LogP contribution >= 0.6 is 0 Å². The van der Waals surface area contributed by atoms with Gasteiger partial charge >= 0.3 is 0 Å². The molecule has 0 aromatic heterocycles. The van der Waals surface area contributed by atoms with Gasteiger partial charge in [-0.2, -0.15) is 0 Å². The van der Waals surface area contributed by atoms with E-state index in [1.54, 1.807) is 0 Å². The molecule has 1 saturated heterocycles. The van der Waals surface area contributed by atoms with E-state index in [1.807, 2.05) is 0 Å². The highest BCUT2D eigenvalue weighted by Crippen LogP contribution is 2.65. The molecule has 5 aliphatic rings. The number of ketones is 1. The van der Waals surface area contributed by atoms with Crippen LogP contribution in [0.15, 0.2) is 5.16 Å². The quantitative estimate of drug-likeness (QED) is 0.441. The van der Waals surface area contributed by atoms with E-state index in [9.17, 15) is 4.79 Å². The number of fused-ring (bicyclic) bond motifs is 5. The molecule has 0 bridgehead atoms. The fourth-order valence-corrected chi connectivity index (χ4v) is 8.46. The van der Waals surface area contributed by atoms with Gasteiger partial charge in [0.25, 0.3) is 0 Å². The normalized spacial score (nSPS) is 47.0. The zero-order valence-corrected chi connectivity index (χ0v) is 19.6. The number of carbonyl (C=O) groups excluding carboxylic acids is 1. The van der Waals surface area contributed by atoms with Gasteiger partial charge in [0, 0.05) is 18.4 Å². The molecule has 5 rings (SSSR count). The third-order valence-electron chi connectivity index (χ3n) is 10.2. The number of piperidine rings is 1. The van der Waals surface area contributed by atoms with Gasteiger partial charge in [-0.3, -0.25) is 9.69 Å². The minimum atomic E-state index is -0.833. The maximum Gasteiger partial charge on any atom is 0.139 e. The Morgan fingerprint density at radius 1 is 1.13 bits per heavy atom. The smallest absolute Gasteiger partial charge is 0.139 e. The maximum absolute atomic E-state index is 15.7. The zero-order chi connectivity index (χ0) is 21.6. The van der Waals surface area contributed by atoms with Crippen LogP contribution in [-0.4, -0.2) is 48.8 Å². The van der Waals surface area contributed by atoms with Gasteiger partial charge < -0.3 is 4.84 Å².